The fraction of sp³-hybridized carbons (Fsp3) is 0.290. The van der Waals surface area contributed by atoms with E-state index < -0.39 is 18.0 Å². The van der Waals surface area contributed by atoms with Crippen LogP contribution < -0.4 is 29.1 Å². The van der Waals surface area contributed by atoms with E-state index in [4.69, 9.17) is 25.4 Å². The van der Waals surface area contributed by atoms with Crippen LogP contribution in [0.25, 0.3) is 6.08 Å². The molecule has 218 valence electrons. The molecule has 0 fully saturated rings. The van der Waals surface area contributed by atoms with Crippen LogP contribution in [0.5, 0.6) is 17.2 Å². The monoisotopic (exact) mass is 590 g/mol. The van der Waals surface area contributed by atoms with E-state index in [9.17, 15) is 14.4 Å². The van der Waals surface area contributed by atoms with Gasteiger partial charge in [0, 0.05) is 0 Å². The molecule has 0 radical (unpaired) electrons. The standard InChI is InChI=1S/C31H30N2O8S/c1-6-14-40-22-11-9-10-20(15-22)16-25-29(35)33-28(27(30(36)39-8-3)19(4)32-31(33)42-25)21-12-13-23(24(17-21)38-7-2)41-18-26(34)37-5/h1,9-13,15-17,28H,7-8,14,18H2,2-5H3/b25-16+/t28-/m0/s1. The number of rotatable bonds is 11. The van der Waals surface area contributed by atoms with E-state index in [-0.39, 0.29) is 31.0 Å². The lowest BCUT2D eigenvalue weighted by Crippen LogP contribution is -2.40. The Bertz CT molecular complexity index is 1750. The summed E-state index contributed by atoms with van der Waals surface area (Å²) in [5.74, 6) is 2.51. The number of terminal acetylenes is 1. The van der Waals surface area contributed by atoms with Crippen molar-refractivity contribution in [1.29, 1.82) is 0 Å². The lowest BCUT2D eigenvalue weighted by molar-refractivity contribution is -0.143. The maximum absolute atomic E-state index is 13.9. The Morgan fingerprint density at radius 2 is 1.90 bits per heavy atom. The molecule has 0 spiro atoms. The van der Waals surface area contributed by atoms with Crippen molar-refractivity contribution in [3.8, 4) is 29.6 Å². The van der Waals surface area contributed by atoms with E-state index in [0.29, 0.717) is 44.4 Å². The number of fused-ring (bicyclic) bond motifs is 1. The zero-order valence-electron chi connectivity index (χ0n) is 23.7. The van der Waals surface area contributed by atoms with Crippen LogP contribution in [0.4, 0.5) is 0 Å². The Balaban J connectivity index is 1.87. The summed E-state index contributed by atoms with van der Waals surface area (Å²) < 4.78 is 28.8. The molecule has 1 aromatic heterocycles. The predicted molar refractivity (Wildman–Crippen MR) is 156 cm³/mol. The van der Waals surface area contributed by atoms with Gasteiger partial charge in [-0.15, -0.1) is 6.42 Å². The molecule has 0 amide bonds. The van der Waals surface area contributed by atoms with E-state index in [1.165, 1.54) is 23.0 Å². The lowest BCUT2D eigenvalue weighted by atomic mass is 9.95. The first-order valence-electron chi connectivity index (χ1n) is 13.1. The summed E-state index contributed by atoms with van der Waals surface area (Å²) in [4.78, 5) is 43.8. The van der Waals surface area contributed by atoms with Crippen molar-refractivity contribution in [2.24, 2.45) is 4.99 Å². The number of benzene rings is 2. The smallest absolute Gasteiger partial charge is 0.343 e. The number of hydrogen-bond acceptors (Lipinski definition) is 10. The Morgan fingerprint density at radius 3 is 2.62 bits per heavy atom. The van der Waals surface area contributed by atoms with E-state index in [1.807, 2.05) is 6.07 Å². The second-order valence-corrected chi connectivity index (χ2v) is 9.88. The van der Waals surface area contributed by atoms with Crippen LogP contribution in [0.1, 0.15) is 37.9 Å². The Kier molecular flexibility index (Phi) is 9.83. The number of allylic oxidation sites excluding steroid dienone is 1. The summed E-state index contributed by atoms with van der Waals surface area (Å²) in [7, 11) is 1.27. The molecule has 0 saturated carbocycles. The molecule has 0 saturated heterocycles. The Hall–Kier alpha value is -4.82. The van der Waals surface area contributed by atoms with Crippen LogP contribution in [-0.2, 0) is 19.1 Å². The normalized spacial score (nSPS) is 14.4. The largest absolute Gasteiger partial charge is 0.490 e. The molecule has 3 aromatic rings. The molecule has 4 rings (SSSR count). The number of thiazole rings is 1. The molecule has 11 heteroatoms. The van der Waals surface area contributed by atoms with Crippen LogP contribution in [0.3, 0.4) is 0 Å². The number of nitrogens with zero attached hydrogens (tertiary/aromatic N) is 2. The van der Waals surface area contributed by atoms with E-state index in [2.05, 4.69) is 15.6 Å². The van der Waals surface area contributed by atoms with Gasteiger partial charge in [0.15, 0.2) is 22.9 Å². The van der Waals surface area contributed by atoms with E-state index in [1.54, 1.807) is 63.2 Å². The maximum atomic E-state index is 13.9. The van der Waals surface area contributed by atoms with Crippen LogP contribution in [0.15, 0.2) is 63.5 Å². The molecule has 1 aliphatic rings. The van der Waals surface area contributed by atoms with Crippen LogP contribution in [-0.4, -0.2) is 50.0 Å². The third kappa shape index (κ3) is 6.56. The minimum Gasteiger partial charge on any atom is -0.490 e. The van der Waals surface area contributed by atoms with Crippen molar-refractivity contribution in [3.63, 3.8) is 0 Å². The van der Waals surface area contributed by atoms with Crippen molar-refractivity contribution < 1.29 is 33.3 Å². The van der Waals surface area contributed by atoms with Gasteiger partial charge in [-0.3, -0.25) is 9.36 Å². The Morgan fingerprint density at radius 1 is 1.10 bits per heavy atom. The minimum absolute atomic E-state index is 0.123. The summed E-state index contributed by atoms with van der Waals surface area (Å²) in [6, 6.07) is 11.4. The van der Waals surface area contributed by atoms with Gasteiger partial charge in [0.25, 0.3) is 5.56 Å². The van der Waals surface area contributed by atoms with Crippen molar-refractivity contribution in [1.82, 2.24) is 4.57 Å². The topological polar surface area (TPSA) is 115 Å². The molecule has 0 bridgehead atoms. The number of methoxy groups -OCH3 is 1. The second-order valence-electron chi connectivity index (χ2n) is 8.87. The highest BCUT2D eigenvalue weighted by molar-refractivity contribution is 7.07. The SMILES string of the molecule is C#CCOc1cccc(/C=c2/sc3n(c2=O)[C@@H](c2ccc(OCC(=O)OC)c(OCC)c2)C(C(=O)OCC)=C(C)N=3)c1. The van der Waals surface area contributed by atoms with Gasteiger partial charge in [0.1, 0.15) is 12.4 Å². The molecule has 0 N–H and O–H groups in total. The van der Waals surface area contributed by atoms with Gasteiger partial charge in [-0.05, 0) is 62.2 Å². The third-order valence-electron chi connectivity index (χ3n) is 6.15. The highest BCUT2D eigenvalue weighted by atomic mass is 32.1. The van der Waals surface area contributed by atoms with Crippen LogP contribution in [0.2, 0.25) is 0 Å². The summed E-state index contributed by atoms with van der Waals surface area (Å²) >= 11 is 1.20. The van der Waals surface area contributed by atoms with Crippen LogP contribution >= 0.6 is 11.3 Å². The van der Waals surface area contributed by atoms with Gasteiger partial charge < -0.3 is 23.7 Å². The lowest BCUT2D eigenvalue weighted by Gasteiger charge is -2.25. The second kappa shape index (κ2) is 13.7. The first-order chi connectivity index (χ1) is 20.3. The fourth-order valence-corrected chi connectivity index (χ4v) is 5.40. The Labute approximate surface area is 246 Å². The number of hydrogen-bond donors (Lipinski definition) is 0. The molecule has 10 nitrogen and oxygen atoms in total. The molecule has 1 aliphatic heterocycles. The fourth-order valence-electron chi connectivity index (χ4n) is 4.36. The van der Waals surface area contributed by atoms with Crippen LogP contribution in [0, 0.1) is 12.3 Å². The quantitative estimate of drug-likeness (QED) is 0.248. The average molecular weight is 591 g/mol. The average Bonchev–Trinajstić information content (AvgIpc) is 3.28. The van der Waals surface area contributed by atoms with Gasteiger partial charge in [-0.2, -0.15) is 0 Å². The highest BCUT2D eigenvalue weighted by Gasteiger charge is 2.34. The predicted octanol–water partition coefficient (Wildman–Crippen LogP) is 2.76. The first kappa shape index (κ1) is 30.1. The minimum atomic E-state index is -0.860. The number of carbonyl (C=O) groups excluding carboxylic acids is 2. The maximum Gasteiger partial charge on any atom is 0.343 e. The number of carbonyl (C=O) groups is 2. The summed E-state index contributed by atoms with van der Waals surface area (Å²) in [6.45, 7) is 5.49. The number of aromatic nitrogens is 1. The van der Waals surface area contributed by atoms with Gasteiger partial charge in [-0.1, -0.05) is 35.5 Å². The summed E-state index contributed by atoms with van der Waals surface area (Å²) in [5, 5.41) is 0. The van der Waals surface area contributed by atoms with Crippen molar-refractivity contribution >= 4 is 29.4 Å². The van der Waals surface area contributed by atoms with Gasteiger partial charge in [0.05, 0.1) is 42.2 Å². The molecule has 0 unspecified atom stereocenters. The molecular formula is C31H30N2O8S. The number of esters is 2. The third-order valence-corrected chi connectivity index (χ3v) is 7.13. The van der Waals surface area contributed by atoms with E-state index in [0.717, 1.165) is 5.56 Å². The molecule has 0 aliphatic carbocycles. The number of ether oxygens (including phenoxy) is 5. The molecule has 2 aromatic carbocycles. The van der Waals surface area contributed by atoms with E-state index >= 15 is 0 Å². The van der Waals surface area contributed by atoms with Gasteiger partial charge in [0.2, 0.25) is 0 Å². The zero-order chi connectivity index (χ0) is 30.2. The van der Waals surface area contributed by atoms with Crippen molar-refractivity contribution in [3.05, 3.63) is 84.5 Å². The molecule has 2 heterocycles. The molecular weight excluding hydrogens is 560 g/mol. The van der Waals surface area contributed by atoms with Gasteiger partial charge in [-0.25, -0.2) is 14.6 Å². The summed E-state index contributed by atoms with van der Waals surface area (Å²) in [6.07, 6.45) is 7.04. The van der Waals surface area contributed by atoms with Crippen molar-refractivity contribution in [2.75, 3.05) is 33.5 Å². The first-order valence-corrected chi connectivity index (χ1v) is 13.9. The highest BCUT2D eigenvalue weighted by Crippen LogP contribution is 2.36. The van der Waals surface area contributed by atoms with Crippen molar-refractivity contribution in [2.45, 2.75) is 26.8 Å². The summed E-state index contributed by atoms with van der Waals surface area (Å²) in [5.41, 5.74) is 1.62. The molecule has 1 atom stereocenters. The molecule has 42 heavy (non-hydrogen) atoms. The van der Waals surface area contributed by atoms with Gasteiger partial charge >= 0.3 is 11.9 Å². The zero-order valence-corrected chi connectivity index (χ0v) is 24.5.